The molecule has 0 saturated carbocycles. The fraction of sp³-hybridized carbons (Fsp3) is 1.00. The van der Waals surface area contributed by atoms with Gasteiger partial charge in [0.25, 0.3) is 0 Å². The minimum atomic E-state index is 0.0750. The maximum atomic E-state index is 6.02. The fourth-order valence-corrected chi connectivity index (χ4v) is 3.19. The first-order valence-electron chi connectivity index (χ1n) is 6.06. The first-order chi connectivity index (χ1) is 7.56. The van der Waals surface area contributed by atoms with E-state index < -0.39 is 0 Å². The summed E-state index contributed by atoms with van der Waals surface area (Å²) >= 11 is 1.89. The Morgan fingerprint density at radius 2 is 2.31 bits per heavy atom. The average Bonchev–Trinajstić information content (AvgIpc) is 2.81. The van der Waals surface area contributed by atoms with Crippen LogP contribution in [0.4, 0.5) is 0 Å². The highest BCUT2D eigenvalue weighted by Gasteiger charge is 2.40. The van der Waals surface area contributed by atoms with E-state index in [1.165, 1.54) is 0 Å². The minimum Gasteiger partial charge on any atom is -0.381 e. The van der Waals surface area contributed by atoms with Crippen LogP contribution in [0.1, 0.15) is 20.3 Å². The van der Waals surface area contributed by atoms with Crippen molar-refractivity contribution in [2.75, 3.05) is 38.8 Å². The molecule has 4 heteroatoms. The largest absolute Gasteiger partial charge is 0.381 e. The molecular formula is C12H26N2OS. The van der Waals surface area contributed by atoms with Crippen molar-refractivity contribution in [3.63, 3.8) is 0 Å². The number of rotatable bonds is 6. The molecule has 96 valence electrons. The van der Waals surface area contributed by atoms with Gasteiger partial charge in [-0.2, -0.15) is 11.8 Å². The summed E-state index contributed by atoms with van der Waals surface area (Å²) in [6.07, 6.45) is 3.30. The summed E-state index contributed by atoms with van der Waals surface area (Å²) < 4.78 is 5.51. The van der Waals surface area contributed by atoms with Crippen LogP contribution in [0, 0.1) is 5.92 Å². The standard InChI is InChI=1S/C12H26N2OS/c1-10(8-16-4)14(3)12(2,9-13)11-5-6-15-7-11/h10-11H,5-9,13H2,1-4H3. The molecule has 1 aliphatic rings. The van der Waals surface area contributed by atoms with E-state index >= 15 is 0 Å². The summed E-state index contributed by atoms with van der Waals surface area (Å²) in [5.74, 6) is 1.73. The smallest absolute Gasteiger partial charge is 0.0513 e. The third kappa shape index (κ3) is 2.92. The predicted octanol–water partition coefficient (Wildman–Crippen LogP) is 1.42. The van der Waals surface area contributed by atoms with Crippen molar-refractivity contribution in [1.82, 2.24) is 4.90 Å². The van der Waals surface area contributed by atoms with Crippen LogP contribution in [0.25, 0.3) is 0 Å². The summed E-state index contributed by atoms with van der Waals surface area (Å²) in [5.41, 5.74) is 6.09. The van der Waals surface area contributed by atoms with E-state index in [0.29, 0.717) is 18.5 Å². The lowest BCUT2D eigenvalue weighted by atomic mass is 9.83. The van der Waals surface area contributed by atoms with Gasteiger partial charge in [-0.25, -0.2) is 0 Å². The number of nitrogens with two attached hydrogens (primary N) is 1. The van der Waals surface area contributed by atoms with Gasteiger partial charge in [-0.1, -0.05) is 0 Å². The van der Waals surface area contributed by atoms with Crippen LogP contribution in [0.15, 0.2) is 0 Å². The molecular weight excluding hydrogens is 220 g/mol. The zero-order valence-electron chi connectivity index (χ0n) is 11.0. The van der Waals surface area contributed by atoms with E-state index in [0.717, 1.165) is 25.4 Å². The minimum absolute atomic E-state index is 0.0750. The second kappa shape index (κ2) is 6.24. The van der Waals surface area contributed by atoms with Gasteiger partial charge in [-0.15, -0.1) is 0 Å². The van der Waals surface area contributed by atoms with E-state index in [1.54, 1.807) is 0 Å². The Morgan fingerprint density at radius 3 is 2.75 bits per heavy atom. The predicted molar refractivity (Wildman–Crippen MR) is 72.0 cm³/mol. The molecule has 0 aromatic heterocycles. The van der Waals surface area contributed by atoms with E-state index in [2.05, 4.69) is 32.1 Å². The van der Waals surface area contributed by atoms with Crippen molar-refractivity contribution in [2.45, 2.75) is 31.8 Å². The molecule has 0 bridgehead atoms. The number of ether oxygens (including phenoxy) is 1. The highest BCUT2D eigenvalue weighted by molar-refractivity contribution is 7.98. The molecule has 1 aliphatic heterocycles. The van der Waals surface area contributed by atoms with Crippen LogP contribution >= 0.6 is 11.8 Å². The van der Waals surface area contributed by atoms with Crippen LogP contribution in [0.3, 0.4) is 0 Å². The number of thioether (sulfide) groups is 1. The van der Waals surface area contributed by atoms with E-state index in [-0.39, 0.29) is 5.54 Å². The third-order valence-corrected chi connectivity index (χ3v) is 4.91. The van der Waals surface area contributed by atoms with Crippen molar-refractivity contribution in [3.05, 3.63) is 0 Å². The van der Waals surface area contributed by atoms with Gasteiger partial charge in [0, 0.05) is 36.4 Å². The highest BCUT2D eigenvalue weighted by atomic mass is 32.2. The molecule has 1 saturated heterocycles. The Labute approximate surface area is 104 Å². The zero-order valence-corrected chi connectivity index (χ0v) is 11.8. The van der Waals surface area contributed by atoms with Crippen LogP contribution < -0.4 is 5.73 Å². The van der Waals surface area contributed by atoms with Gasteiger partial charge in [0.2, 0.25) is 0 Å². The van der Waals surface area contributed by atoms with Crippen LogP contribution in [-0.4, -0.2) is 55.3 Å². The molecule has 1 rings (SSSR count). The van der Waals surface area contributed by atoms with Crippen molar-refractivity contribution >= 4 is 11.8 Å². The molecule has 3 nitrogen and oxygen atoms in total. The third-order valence-electron chi connectivity index (χ3n) is 4.10. The molecule has 0 radical (unpaired) electrons. The van der Waals surface area contributed by atoms with Gasteiger partial charge in [-0.05, 0) is 33.6 Å². The summed E-state index contributed by atoms with van der Waals surface area (Å²) in [6.45, 7) is 7.02. The Balaban J connectivity index is 2.69. The van der Waals surface area contributed by atoms with Crippen LogP contribution in [0.2, 0.25) is 0 Å². The maximum Gasteiger partial charge on any atom is 0.0513 e. The lowest BCUT2D eigenvalue weighted by Gasteiger charge is -2.45. The van der Waals surface area contributed by atoms with E-state index in [4.69, 9.17) is 10.5 Å². The summed E-state index contributed by atoms with van der Waals surface area (Å²) in [7, 11) is 2.20. The molecule has 3 unspecified atom stereocenters. The van der Waals surface area contributed by atoms with Crippen LogP contribution in [0.5, 0.6) is 0 Å². The molecule has 2 N–H and O–H groups in total. The van der Waals surface area contributed by atoms with E-state index in [1.807, 2.05) is 11.8 Å². The van der Waals surface area contributed by atoms with Gasteiger partial charge in [0.05, 0.1) is 6.61 Å². The van der Waals surface area contributed by atoms with Gasteiger partial charge >= 0.3 is 0 Å². The Kier molecular flexibility index (Phi) is 5.57. The molecule has 0 aliphatic carbocycles. The molecule has 3 atom stereocenters. The molecule has 0 spiro atoms. The number of hydrogen-bond donors (Lipinski definition) is 1. The molecule has 0 aromatic carbocycles. The van der Waals surface area contributed by atoms with Gasteiger partial charge in [0.1, 0.15) is 0 Å². The highest BCUT2D eigenvalue weighted by Crippen LogP contribution is 2.31. The Hall–Kier alpha value is 0.230. The van der Waals surface area contributed by atoms with Crippen molar-refractivity contribution in [1.29, 1.82) is 0 Å². The first kappa shape index (κ1) is 14.3. The van der Waals surface area contributed by atoms with E-state index in [9.17, 15) is 0 Å². The van der Waals surface area contributed by atoms with Crippen molar-refractivity contribution in [2.24, 2.45) is 11.7 Å². The quantitative estimate of drug-likeness (QED) is 0.769. The second-order valence-corrected chi connectivity index (χ2v) is 5.95. The topological polar surface area (TPSA) is 38.5 Å². The molecule has 0 amide bonds. The lowest BCUT2D eigenvalue weighted by Crippen LogP contribution is -2.58. The van der Waals surface area contributed by atoms with Gasteiger partial charge in [-0.3, -0.25) is 4.90 Å². The molecule has 1 fully saturated rings. The molecule has 16 heavy (non-hydrogen) atoms. The lowest BCUT2D eigenvalue weighted by molar-refractivity contribution is 0.0456. The maximum absolute atomic E-state index is 6.02. The van der Waals surface area contributed by atoms with Gasteiger partial charge in [0.15, 0.2) is 0 Å². The van der Waals surface area contributed by atoms with Crippen LogP contribution in [-0.2, 0) is 4.74 Å². The summed E-state index contributed by atoms with van der Waals surface area (Å²) in [6, 6.07) is 0.559. The number of nitrogens with zero attached hydrogens (tertiary/aromatic N) is 1. The summed E-state index contributed by atoms with van der Waals surface area (Å²) in [5, 5.41) is 0. The zero-order chi connectivity index (χ0) is 12.2. The summed E-state index contributed by atoms with van der Waals surface area (Å²) in [4.78, 5) is 2.45. The molecule has 0 aromatic rings. The monoisotopic (exact) mass is 246 g/mol. The first-order valence-corrected chi connectivity index (χ1v) is 7.45. The van der Waals surface area contributed by atoms with Gasteiger partial charge < -0.3 is 10.5 Å². The Bertz CT molecular complexity index is 209. The normalized spacial score (nSPS) is 27.0. The molecule has 1 heterocycles. The number of hydrogen-bond acceptors (Lipinski definition) is 4. The fourth-order valence-electron chi connectivity index (χ4n) is 2.48. The number of likely N-dealkylation sites (N-methyl/N-ethyl adjacent to an activating group) is 1. The second-order valence-electron chi connectivity index (χ2n) is 5.04. The SMILES string of the molecule is CSCC(C)N(C)C(C)(CN)C1CCOC1. The Morgan fingerprint density at radius 1 is 1.62 bits per heavy atom. The van der Waals surface area contributed by atoms with Crippen molar-refractivity contribution in [3.8, 4) is 0 Å². The average molecular weight is 246 g/mol. The van der Waals surface area contributed by atoms with Crippen molar-refractivity contribution < 1.29 is 4.74 Å².